The normalized spacial score (nSPS) is 11.6. The van der Waals surface area contributed by atoms with E-state index in [1.54, 1.807) is 38.3 Å². The van der Waals surface area contributed by atoms with E-state index < -0.39 is 11.9 Å². The van der Waals surface area contributed by atoms with Crippen molar-refractivity contribution in [3.8, 4) is 11.5 Å². The molecule has 0 bridgehead atoms. The van der Waals surface area contributed by atoms with Crippen molar-refractivity contribution in [3.63, 3.8) is 0 Å². The zero-order chi connectivity index (χ0) is 16.1. The third-order valence-electron chi connectivity index (χ3n) is 2.91. The van der Waals surface area contributed by atoms with Gasteiger partial charge in [0.15, 0.2) is 6.10 Å². The van der Waals surface area contributed by atoms with Crippen molar-refractivity contribution < 1.29 is 18.7 Å². The van der Waals surface area contributed by atoms with Gasteiger partial charge in [-0.2, -0.15) is 0 Å². The van der Waals surface area contributed by atoms with Crippen molar-refractivity contribution in [2.75, 3.05) is 12.4 Å². The summed E-state index contributed by atoms with van der Waals surface area (Å²) in [7, 11) is 1.55. The molecular weight excluding hydrogens is 309 g/mol. The van der Waals surface area contributed by atoms with E-state index in [1.807, 2.05) is 0 Å². The fourth-order valence-electron chi connectivity index (χ4n) is 1.75. The van der Waals surface area contributed by atoms with Gasteiger partial charge in [0.1, 0.15) is 17.3 Å². The van der Waals surface area contributed by atoms with Crippen molar-refractivity contribution in [1.29, 1.82) is 0 Å². The molecule has 0 aliphatic heterocycles. The molecule has 1 amide bonds. The average Bonchev–Trinajstić information content (AvgIpc) is 2.51. The molecule has 0 aliphatic carbocycles. The smallest absolute Gasteiger partial charge is 0.265 e. The minimum Gasteiger partial charge on any atom is -0.497 e. The molecule has 6 heteroatoms. The number of amides is 1. The average molecular weight is 324 g/mol. The van der Waals surface area contributed by atoms with Gasteiger partial charge in [-0.25, -0.2) is 4.39 Å². The maximum absolute atomic E-state index is 13.1. The predicted molar refractivity (Wildman–Crippen MR) is 83.1 cm³/mol. The largest absolute Gasteiger partial charge is 0.497 e. The molecule has 0 heterocycles. The molecule has 0 aromatic heterocycles. The van der Waals surface area contributed by atoms with Crippen LogP contribution < -0.4 is 14.8 Å². The Kier molecular flexibility index (Phi) is 5.22. The van der Waals surface area contributed by atoms with Crippen molar-refractivity contribution in [3.05, 3.63) is 53.3 Å². The molecule has 22 heavy (non-hydrogen) atoms. The number of ether oxygens (including phenoxy) is 2. The fourth-order valence-corrected chi connectivity index (χ4v) is 1.93. The van der Waals surface area contributed by atoms with Crippen LogP contribution in [0.2, 0.25) is 5.02 Å². The van der Waals surface area contributed by atoms with Gasteiger partial charge in [-0.1, -0.05) is 17.7 Å². The minimum absolute atomic E-state index is 0.0563. The summed E-state index contributed by atoms with van der Waals surface area (Å²) in [6.07, 6.45) is -0.740. The van der Waals surface area contributed by atoms with E-state index in [0.29, 0.717) is 17.2 Å². The number of hydrogen-bond donors (Lipinski definition) is 1. The molecular formula is C16H15ClFNO3. The van der Waals surface area contributed by atoms with Crippen LogP contribution in [0.3, 0.4) is 0 Å². The van der Waals surface area contributed by atoms with E-state index in [4.69, 9.17) is 21.1 Å². The third kappa shape index (κ3) is 4.11. The van der Waals surface area contributed by atoms with Gasteiger partial charge in [0.05, 0.1) is 12.1 Å². The number of nitrogens with one attached hydrogen (secondary N) is 1. The topological polar surface area (TPSA) is 47.6 Å². The third-order valence-corrected chi connectivity index (χ3v) is 3.20. The molecule has 0 aliphatic rings. The van der Waals surface area contributed by atoms with Crippen LogP contribution in [0.5, 0.6) is 11.5 Å². The minimum atomic E-state index is -0.740. The Bertz CT molecular complexity index is 678. The molecule has 0 radical (unpaired) electrons. The molecule has 1 N–H and O–H groups in total. The second-order valence-corrected chi connectivity index (χ2v) is 4.96. The second-order valence-electron chi connectivity index (χ2n) is 4.56. The van der Waals surface area contributed by atoms with Gasteiger partial charge in [0, 0.05) is 11.8 Å². The summed E-state index contributed by atoms with van der Waals surface area (Å²) >= 11 is 5.67. The first-order chi connectivity index (χ1) is 10.5. The van der Waals surface area contributed by atoms with Gasteiger partial charge in [0.25, 0.3) is 5.91 Å². The quantitative estimate of drug-likeness (QED) is 0.908. The Labute approximate surface area is 132 Å². The summed E-state index contributed by atoms with van der Waals surface area (Å²) in [5.41, 5.74) is 0.400. The molecule has 116 valence electrons. The maximum Gasteiger partial charge on any atom is 0.265 e. The zero-order valence-electron chi connectivity index (χ0n) is 12.1. The number of rotatable bonds is 5. The lowest BCUT2D eigenvalue weighted by atomic mass is 10.2. The van der Waals surface area contributed by atoms with Crippen LogP contribution in [-0.2, 0) is 4.79 Å². The van der Waals surface area contributed by atoms with Gasteiger partial charge in [0.2, 0.25) is 0 Å². The summed E-state index contributed by atoms with van der Waals surface area (Å²) in [4.78, 5) is 12.1. The number of anilines is 1. The van der Waals surface area contributed by atoms with Gasteiger partial charge < -0.3 is 14.8 Å². The van der Waals surface area contributed by atoms with E-state index in [-0.39, 0.29) is 10.9 Å². The Hall–Kier alpha value is -2.27. The molecule has 1 atom stereocenters. The van der Waals surface area contributed by atoms with Crippen LogP contribution in [0.25, 0.3) is 0 Å². The first-order valence-electron chi connectivity index (χ1n) is 6.56. The molecule has 0 fully saturated rings. The van der Waals surface area contributed by atoms with Crippen LogP contribution >= 0.6 is 11.6 Å². The molecule has 0 saturated heterocycles. The Balaban J connectivity index is 2.00. The lowest BCUT2D eigenvalue weighted by Crippen LogP contribution is -2.30. The summed E-state index contributed by atoms with van der Waals surface area (Å²) in [5.74, 6) is 0.236. The highest BCUT2D eigenvalue weighted by atomic mass is 35.5. The van der Waals surface area contributed by atoms with Gasteiger partial charge in [-0.15, -0.1) is 0 Å². The van der Waals surface area contributed by atoms with E-state index in [0.717, 1.165) is 0 Å². The van der Waals surface area contributed by atoms with Crippen molar-refractivity contribution in [1.82, 2.24) is 0 Å². The summed E-state index contributed by atoms with van der Waals surface area (Å²) < 4.78 is 23.7. The summed E-state index contributed by atoms with van der Waals surface area (Å²) in [5, 5.41) is 2.56. The van der Waals surface area contributed by atoms with E-state index in [2.05, 4.69) is 5.32 Å². The highest BCUT2D eigenvalue weighted by Gasteiger charge is 2.15. The Morgan fingerprint density at radius 3 is 2.64 bits per heavy atom. The van der Waals surface area contributed by atoms with Crippen LogP contribution in [-0.4, -0.2) is 19.1 Å². The van der Waals surface area contributed by atoms with Crippen molar-refractivity contribution in [2.45, 2.75) is 13.0 Å². The molecule has 2 aromatic carbocycles. The SMILES string of the molecule is COc1cccc(O[C@@H](C)C(=O)Nc2ccc(F)c(Cl)c2)c1. The van der Waals surface area contributed by atoms with Gasteiger partial charge in [-0.05, 0) is 37.3 Å². The number of methoxy groups -OCH3 is 1. The molecule has 4 nitrogen and oxygen atoms in total. The Morgan fingerprint density at radius 1 is 1.23 bits per heavy atom. The number of carbonyl (C=O) groups is 1. The standard InChI is InChI=1S/C16H15ClFNO3/c1-10(22-13-5-3-4-12(9-13)21-2)16(20)19-11-6-7-15(18)14(17)8-11/h3-10H,1-2H3,(H,19,20)/t10-/m0/s1. The molecule has 2 rings (SSSR count). The van der Waals surface area contributed by atoms with Gasteiger partial charge >= 0.3 is 0 Å². The number of halogens is 2. The zero-order valence-corrected chi connectivity index (χ0v) is 12.9. The molecule has 0 saturated carbocycles. The number of carbonyl (C=O) groups excluding carboxylic acids is 1. The molecule has 2 aromatic rings. The van der Waals surface area contributed by atoms with E-state index in [1.165, 1.54) is 18.2 Å². The van der Waals surface area contributed by atoms with Gasteiger partial charge in [-0.3, -0.25) is 4.79 Å². The fraction of sp³-hybridized carbons (Fsp3) is 0.188. The lowest BCUT2D eigenvalue weighted by molar-refractivity contribution is -0.122. The van der Waals surface area contributed by atoms with Crippen molar-refractivity contribution >= 4 is 23.2 Å². The van der Waals surface area contributed by atoms with Crippen LogP contribution in [0, 0.1) is 5.82 Å². The number of hydrogen-bond acceptors (Lipinski definition) is 3. The summed E-state index contributed by atoms with van der Waals surface area (Å²) in [6.45, 7) is 1.61. The van der Waals surface area contributed by atoms with Crippen LogP contribution in [0.1, 0.15) is 6.92 Å². The van der Waals surface area contributed by atoms with E-state index >= 15 is 0 Å². The highest BCUT2D eigenvalue weighted by molar-refractivity contribution is 6.31. The Morgan fingerprint density at radius 2 is 1.95 bits per heavy atom. The summed E-state index contributed by atoms with van der Waals surface area (Å²) in [6, 6.07) is 10.9. The van der Waals surface area contributed by atoms with E-state index in [9.17, 15) is 9.18 Å². The first-order valence-corrected chi connectivity index (χ1v) is 6.94. The molecule has 0 spiro atoms. The first kappa shape index (κ1) is 16.1. The monoisotopic (exact) mass is 323 g/mol. The highest BCUT2D eigenvalue weighted by Crippen LogP contribution is 2.21. The van der Waals surface area contributed by atoms with Crippen LogP contribution in [0.4, 0.5) is 10.1 Å². The number of benzene rings is 2. The predicted octanol–water partition coefficient (Wildman–Crippen LogP) is 3.89. The second kappa shape index (κ2) is 7.13. The molecule has 0 unspecified atom stereocenters. The van der Waals surface area contributed by atoms with Crippen LogP contribution in [0.15, 0.2) is 42.5 Å². The van der Waals surface area contributed by atoms with Crippen molar-refractivity contribution in [2.24, 2.45) is 0 Å². The lowest BCUT2D eigenvalue weighted by Gasteiger charge is -2.15. The maximum atomic E-state index is 13.1.